The zero-order chi connectivity index (χ0) is 32.9. The molecule has 1 aromatic heterocycles. The summed E-state index contributed by atoms with van der Waals surface area (Å²) in [4.78, 5) is 21.9. The van der Waals surface area contributed by atoms with E-state index in [1.165, 1.54) is 13.1 Å². The number of anilines is 1. The summed E-state index contributed by atoms with van der Waals surface area (Å²) in [7, 11) is -2.24. The molecule has 0 spiro atoms. The fraction of sp³-hybridized carbons (Fsp3) is 0.429. The minimum atomic E-state index is -5.75. The molecule has 4 N–H and O–H groups in total. The lowest BCUT2D eigenvalue weighted by atomic mass is 10.00. The number of nitrogens with zero attached hydrogens (tertiary/aromatic N) is 2. The van der Waals surface area contributed by atoms with E-state index < -0.39 is 53.3 Å². The van der Waals surface area contributed by atoms with Gasteiger partial charge in [0.15, 0.2) is 0 Å². The van der Waals surface area contributed by atoms with Crippen LogP contribution in [0.5, 0.6) is 0 Å². The van der Waals surface area contributed by atoms with Gasteiger partial charge in [0.1, 0.15) is 0 Å². The molecule has 2 aromatic carbocycles. The second kappa shape index (κ2) is 13.9. The van der Waals surface area contributed by atoms with E-state index in [0.717, 1.165) is 9.87 Å². The lowest BCUT2D eigenvalue weighted by molar-refractivity contribution is -0.279. The Morgan fingerprint density at radius 2 is 1.77 bits per heavy atom. The normalized spacial score (nSPS) is 16.0. The molecule has 0 fully saturated rings. The number of rotatable bonds is 10. The average molecular weight is 649 g/mol. The Hall–Kier alpha value is -3.76. The number of aliphatic hydroxyl groups is 1. The molecule has 2 heterocycles. The minimum absolute atomic E-state index is 0.0456. The van der Waals surface area contributed by atoms with Crippen LogP contribution in [0.1, 0.15) is 28.4 Å². The molecule has 2 atom stereocenters. The Kier molecular flexibility index (Phi) is 11.0. The Morgan fingerprint density at radius 3 is 2.36 bits per heavy atom. The lowest BCUT2D eigenvalue weighted by Gasteiger charge is -2.26. The summed E-state index contributed by atoms with van der Waals surface area (Å²) < 4.78 is 93.0. The molecule has 0 bridgehead atoms. The van der Waals surface area contributed by atoms with Crippen molar-refractivity contribution in [2.75, 3.05) is 30.2 Å². The molecule has 1 aliphatic heterocycles. The fourth-order valence-electron chi connectivity index (χ4n) is 4.87. The number of carboxylic acid groups (broad SMARTS) is 1. The molecule has 0 aliphatic carbocycles. The standard InChI is InChI=1S/C27H31F5N4O4S.CH2O2/c1-3-36-15-18-9-10-41(39,40)35(2)21-12-19(13-22(36)24(18)21)25(38)34-20(11-17-7-5-4-6-8-17)23(37)14-33-16-26(28,29)27(30,31)32;2-1-3/h4-8,12-13,15,20,23,33,37H,3,9-11,14,16H2,1-2H3,(H,34,38);1H,(H,2,3)/t20-,23+;/m0./s1. The predicted molar refractivity (Wildman–Crippen MR) is 153 cm³/mol. The third-order valence-corrected chi connectivity index (χ3v) is 8.97. The van der Waals surface area contributed by atoms with Crippen LogP contribution in [0.25, 0.3) is 10.9 Å². The molecule has 0 radical (unpaired) electrons. The number of alkyl halides is 5. The maximum absolute atomic E-state index is 13.5. The number of aromatic nitrogens is 1. The molecule has 3 aromatic rings. The molecule has 44 heavy (non-hydrogen) atoms. The van der Waals surface area contributed by atoms with E-state index in [1.54, 1.807) is 36.4 Å². The first kappa shape index (κ1) is 34.7. The number of amides is 1. The quantitative estimate of drug-likeness (QED) is 0.196. The van der Waals surface area contributed by atoms with Crippen molar-refractivity contribution in [2.45, 2.75) is 50.6 Å². The van der Waals surface area contributed by atoms with Crippen molar-refractivity contribution in [1.29, 1.82) is 0 Å². The van der Waals surface area contributed by atoms with Crippen LogP contribution in [0.3, 0.4) is 0 Å². The smallest absolute Gasteiger partial charge is 0.454 e. The highest BCUT2D eigenvalue weighted by molar-refractivity contribution is 7.92. The van der Waals surface area contributed by atoms with Crippen molar-refractivity contribution in [1.82, 2.24) is 15.2 Å². The van der Waals surface area contributed by atoms with Gasteiger partial charge in [-0.3, -0.25) is 13.9 Å². The van der Waals surface area contributed by atoms with Gasteiger partial charge in [-0.2, -0.15) is 22.0 Å². The van der Waals surface area contributed by atoms with Gasteiger partial charge in [0.25, 0.3) is 12.4 Å². The highest BCUT2D eigenvalue weighted by Gasteiger charge is 2.57. The molecule has 16 heteroatoms. The Balaban J connectivity index is 0.00000169. The number of carbonyl (C=O) groups is 2. The number of nitrogens with one attached hydrogen (secondary N) is 2. The molecule has 0 saturated heterocycles. The monoisotopic (exact) mass is 648 g/mol. The lowest BCUT2D eigenvalue weighted by Crippen LogP contribution is -2.51. The molecule has 1 aliphatic rings. The van der Waals surface area contributed by atoms with E-state index in [2.05, 4.69) is 5.32 Å². The van der Waals surface area contributed by atoms with Crippen LogP contribution in [0, 0.1) is 0 Å². The molecular weight excluding hydrogens is 615 g/mol. The van der Waals surface area contributed by atoms with E-state index in [-0.39, 0.29) is 24.2 Å². The van der Waals surface area contributed by atoms with Crippen LogP contribution in [0.15, 0.2) is 48.7 Å². The summed E-state index contributed by atoms with van der Waals surface area (Å²) in [6, 6.07) is 10.6. The Bertz CT molecular complexity index is 1560. The summed E-state index contributed by atoms with van der Waals surface area (Å²) in [6.07, 6.45) is -5.08. The summed E-state index contributed by atoms with van der Waals surface area (Å²) in [5.41, 5.74) is 2.57. The number of hydrogen-bond donors (Lipinski definition) is 4. The highest BCUT2D eigenvalue weighted by atomic mass is 32.2. The van der Waals surface area contributed by atoms with Crippen LogP contribution in [-0.4, -0.2) is 85.7 Å². The van der Waals surface area contributed by atoms with Gasteiger partial charge in [0, 0.05) is 37.3 Å². The molecule has 242 valence electrons. The van der Waals surface area contributed by atoms with Crippen molar-refractivity contribution in [2.24, 2.45) is 0 Å². The molecule has 1 amide bonds. The van der Waals surface area contributed by atoms with Crippen molar-refractivity contribution in [3.05, 3.63) is 65.4 Å². The zero-order valence-corrected chi connectivity index (χ0v) is 24.6. The number of aliphatic hydroxyl groups excluding tert-OH is 1. The number of halogens is 5. The van der Waals surface area contributed by atoms with E-state index in [9.17, 15) is 40.3 Å². The highest BCUT2D eigenvalue weighted by Crippen LogP contribution is 2.37. The van der Waals surface area contributed by atoms with E-state index in [0.29, 0.717) is 35.1 Å². The van der Waals surface area contributed by atoms with Crippen LogP contribution >= 0.6 is 0 Å². The first-order valence-corrected chi connectivity index (χ1v) is 15.1. The number of aryl methyl sites for hydroxylation is 2. The van der Waals surface area contributed by atoms with Gasteiger partial charge in [-0.05, 0) is 43.0 Å². The first-order valence-electron chi connectivity index (χ1n) is 13.4. The largest absolute Gasteiger partial charge is 0.483 e. The Morgan fingerprint density at radius 1 is 1.14 bits per heavy atom. The van der Waals surface area contributed by atoms with Crippen LogP contribution in [0.4, 0.5) is 27.6 Å². The van der Waals surface area contributed by atoms with Crippen molar-refractivity contribution < 1.29 is 50.2 Å². The van der Waals surface area contributed by atoms with Crippen LogP contribution in [0.2, 0.25) is 0 Å². The SMILES string of the molecule is CCn1cc2c3c(cc(C(=O)N[C@@H](Cc4ccccc4)[C@H](O)CNCC(F)(F)C(F)(F)F)cc31)N(C)S(=O)(=O)CC2.O=CO. The van der Waals surface area contributed by atoms with E-state index in [1.807, 2.05) is 23.0 Å². The molecular formula is C28H33F5N4O6S. The number of benzene rings is 2. The van der Waals surface area contributed by atoms with E-state index >= 15 is 0 Å². The summed E-state index contributed by atoms with van der Waals surface area (Å²) in [6.45, 7) is -0.183. The zero-order valence-electron chi connectivity index (χ0n) is 23.8. The van der Waals surface area contributed by atoms with Gasteiger partial charge in [0.2, 0.25) is 10.0 Å². The number of carbonyl (C=O) groups excluding carboxylic acids is 1. The van der Waals surface area contributed by atoms with Gasteiger partial charge in [-0.25, -0.2) is 8.42 Å². The van der Waals surface area contributed by atoms with Crippen molar-refractivity contribution in [3.63, 3.8) is 0 Å². The van der Waals surface area contributed by atoms with Gasteiger partial charge in [-0.15, -0.1) is 0 Å². The first-order chi connectivity index (χ1) is 20.6. The average Bonchev–Trinajstić information content (AvgIpc) is 3.28. The van der Waals surface area contributed by atoms with Gasteiger partial charge in [-0.1, -0.05) is 30.3 Å². The van der Waals surface area contributed by atoms with Gasteiger partial charge < -0.3 is 25.4 Å². The van der Waals surface area contributed by atoms with E-state index in [4.69, 9.17) is 9.90 Å². The fourth-order valence-corrected chi connectivity index (χ4v) is 6.06. The minimum Gasteiger partial charge on any atom is -0.483 e. The number of sulfonamides is 1. The number of hydrogen-bond acceptors (Lipinski definition) is 6. The van der Waals surface area contributed by atoms with Gasteiger partial charge in [0.05, 0.1) is 35.6 Å². The molecule has 4 rings (SSSR count). The molecule has 0 saturated carbocycles. The summed E-state index contributed by atoms with van der Waals surface area (Å²) in [5, 5.41) is 23.0. The van der Waals surface area contributed by atoms with Crippen LogP contribution in [-0.2, 0) is 34.2 Å². The molecule has 10 nitrogen and oxygen atoms in total. The van der Waals surface area contributed by atoms with Crippen molar-refractivity contribution >= 4 is 39.0 Å². The second-order valence-corrected chi connectivity index (χ2v) is 12.3. The Labute approximate surface area is 250 Å². The molecule has 0 unspecified atom stereocenters. The third-order valence-electron chi connectivity index (χ3n) is 7.22. The topological polar surface area (TPSA) is 141 Å². The maximum Gasteiger partial charge on any atom is 0.454 e. The summed E-state index contributed by atoms with van der Waals surface area (Å²) in [5.74, 6) is -5.78. The van der Waals surface area contributed by atoms with Crippen molar-refractivity contribution in [3.8, 4) is 0 Å². The third kappa shape index (κ3) is 7.84. The maximum atomic E-state index is 13.5. The van der Waals surface area contributed by atoms with Crippen LogP contribution < -0.4 is 14.9 Å². The predicted octanol–water partition coefficient (Wildman–Crippen LogP) is 3.17. The second-order valence-electron chi connectivity index (χ2n) is 10.1. The summed E-state index contributed by atoms with van der Waals surface area (Å²) >= 11 is 0. The van der Waals surface area contributed by atoms with Gasteiger partial charge >= 0.3 is 12.1 Å².